The average molecular weight is 223 g/mol. The topological polar surface area (TPSA) is 0 Å². The Morgan fingerprint density at radius 3 is 2.46 bits per heavy atom. The van der Waals surface area contributed by atoms with Crippen LogP contribution in [0.15, 0.2) is 0 Å². The molecular formula is C11H23ClS. The second-order valence-corrected chi connectivity index (χ2v) is 5.93. The molecule has 0 nitrogen and oxygen atoms in total. The lowest BCUT2D eigenvalue weighted by molar-refractivity contribution is 0.532. The minimum atomic E-state index is 0.409. The van der Waals surface area contributed by atoms with E-state index in [0.717, 1.165) is 5.92 Å². The number of hydrogen-bond donors (Lipinski definition) is 0. The Bertz CT molecular complexity index is 104. The standard InChI is InChI=1S/C11H23ClS/c1-4-13-8-6-5-7-11(12)9-10(2)3/h10-11H,4-9H2,1-3H3. The van der Waals surface area contributed by atoms with Gasteiger partial charge in [-0.1, -0.05) is 27.2 Å². The van der Waals surface area contributed by atoms with E-state index >= 15 is 0 Å². The summed E-state index contributed by atoms with van der Waals surface area (Å²) in [6.07, 6.45) is 5.00. The quantitative estimate of drug-likeness (QED) is 0.429. The molecule has 13 heavy (non-hydrogen) atoms. The molecular weight excluding hydrogens is 200 g/mol. The summed E-state index contributed by atoms with van der Waals surface area (Å²) >= 11 is 8.21. The fourth-order valence-corrected chi connectivity index (χ4v) is 2.55. The first-order valence-electron chi connectivity index (χ1n) is 5.38. The Kier molecular flexibility index (Phi) is 9.66. The molecule has 0 aromatic carbocycles. The Hall–Kier alpha value is 0.640. The van der Waals surface area contributed by atoms with Gasteiger partial charge in [-0.3, -0.25) is 0 Å². The van der Waals surface area contributed by atoms with Crippen molar-refractivity contribution in [2.24, 2.45) is 5.92 Å². The van der Waals surface area contributed by atoms with E-state index in [1.165, 1.54) is 37.2 Å². The SMILES string of the molecule is CCSCCCCC(Cl)CC(C)C. The first-order chi connectivity index (χ1) is 6.16. The first kappa shape index (κ1) is 13.6. The van der Waals surface area contributed by atoms with Crippen molar-refractivity contribution in [1.82, 2.24) is 0 Å². The van der Waals surface area contributed by atoms with Crippen LogP contribution in [0.1, 0.15) is 46.5 Å². The summed E-state index contributed by atoms with van der Waals surface area (Å²) < 4.78 is 0. The highest BCUT2D eigenvalue weighted by molar-refractivity contribution is 7.99. The summed E-state index contributed by atoms with van der Waals surface area (Å²) in [5.74, 6) is 3.30. The molecule has 0 radical (unpaired) electrons. The molecule has 0 spiro atoms. The van der Waals surface area contributed by atoms with E-state index in [1.54, 1.807) is 0 Å². The zero-order valence-electron chi connectivity index (χ0n) is 9.18. The lowest BCUT2D eigenvalue weighted by atomic mass is 10.0. The van der Waals surface area contributed by atoms with Crippen molar-refractivity contribution in [2.45, 2.75) is 51.8 Å². The van der Waals surface area contributed by atoms with Gasteiger partial charge in [-0.15, -0.1) is 11.6 Å². The van der Waals surface area contributed by atoms with Crippen molar-refractivity contribution in [3.05, 3.63) is 0 Å². The summed E-state index contributed by atoms with van der Waals surface area (Å²) in [5.41, 5.74) is 0. The van der Waals surface area contributed by atoms with Crippen molar-refractivity contribution in [3.63, 3.8) is 0 Å². The molecule has 0 heterocycles. The Morgan fingerprint density at radius 1 is 1.23 bits per heavy atom. The molecule has 0 N–H and O–H groups in total. The molecule has 0 rings (SSSR count). The number of halogens is 1. The highest BCUT2D eigenvalue weighted by Gasteiger charge is 2.06. The molecule has 0 saturated heterocycles. The van der Waals surface area contributed by atoms with E-state index < -0.39 is 0 Å². The van der Waals surface area contributed by atoms with Crippen molar-refractivity contribution in [1.29, 1.82) is 0 Å². The molecule has 1 unspecified atom stereocenters. The number of rotatable bonds is 8. The van der Waals surface area contributed by atoms with Gasteiger partial charge in [-0.25, -0.2) is 0 Å². The predicted molar refractivity (Wildman–Crippen MR) is 65.9 cm³/mol. The van der Waals surface area contributed by atoms with Crippen LogP contribution in [-0.2, 0) is 0 Å². The maximum Gasteiger partial charge on any atom is 0.0338 e. The highest BCUT2D eigenvalue weighted by Crippen LogP contribution is 2.17. The van der Waals surface area contributed by atoms with Gasteiger partial charge in [0.15, 0.2) is 0 Å². The van der Waals surface area contributed by atoms with Crippen molar-refractivity contribution in [2.75, 3.05) is 11.5 Å². The number of thioether (sulfide) groups is 1. The van der Waals surface area contributed by atoms with Gasteiger partial charge in [0.2, 0.25) is 0 Å². The van der Waals surface area contributed by atoms with Gasteiger partial charge in [-0.05, 0) is 36.7 Å². The molecule has 0 aliphatic heterocycles. The summed E-state index contributed by atoms with van der Waals surface area (Å²) in [6, 6.07) is 0. The van der Waals surface area contributed by atoms with Crippen LogP contribution in [0.25, 0.3) is 0 Å². The van der Waals surface area contributed by atoms with Crippen molar-refractivity contribution in [3.8, 4) is 0 Å². The van der Waals surface area contributed by atoms with Crippen LogP contribution < -0.4 is 0 Å². The maximum atomic E-state index is 6.18. The molecule has 0 aromatic heterocycles. The molecule has 2 heteroatoms. The van der Waals surface area contributed by atoms with Crippen molar-refractivity contribution >= 4 is 23.4 Å². The third kappa shape index (κ3) is 10.6. The first-order valence-corrected chi connectivity index (χ1v) is 6.97. The van der Waals surface area contributed by atoms with Gasteiger partial charge in [0.1, 0.15) is 0 Å². The van der Waals surface area contributed by atoms with Gasteiger partial charge in [-0.2, -0.15) is 11.8 Å². The van der Waals surface area contributed by atoms with Gasteiger partial charge < -0.3 is 0 Å². The van der Waals surface area contributed by atoms with Crippen LogP contribution in [0.3, 0.4) is 0 Å². The van der Waals surface area contributed by atoms with E-state index in [9.17, 15) is 0 Å². The predicted octanol–water partition coefficient (Wildman–Crippen LogP) is 4.56. The van der Waals surface area contributed by atoms with Gasteiger partial charge in [0.25, 0.3) is 0 Å². The molecule has 0 bridgehead atoms. The Labute approximate surface area is 92.8 Å². The summed E-state index contributed by atoms with van der Waals surface area (Å²) in [4.78, 5) is 0. The molecule has 0 fully saturated rings. The fraction of sp³-hybridized carbons (Fsp3) is 1.00. The molecule has 0 aromatic rings. The van der Waals surface area contributed by atoms with Crippen LogP contribution in [0.2, 0.25) is 0 Å². The minimum absolute atomic E-state index is 0.409. The number of hydrogen-bond acceptors (Lipinski definition) is 1. The van der Waals surface area contributed by atoms with Gasteiger partial charge in [0.05, 0.1) is 0 Å². The average Bonchev–Trinajstić information content (AvgIpc) is 2.02. The summed E-state index contributed by atoms with van der Waals surface area (Å²) in [5, 5.41) is 0.409. The third-order valence-corrected chi connectivity index (χ3v) is 3.37. The fourth-order valence-electron chi connectivity index (χ4n) is 1.34. The number of alkyl halides is 1. The van der Waals surface area contributed by atoms with Crippen LogP contribution in [0.4, 0.5) is 0 Å². The molecule has 80 valence electrons. The maximum absolute atomic E-state index is 6.18. The van der Waals surface area contributed by atoms with Crippen molar-refractivity contribution < 1.29 is 0 Å². The van der Waals surface area contributed by atoms with Gasteiger partial charge >= 0.3 is 0 Å². The highest BCUT2D eigenvalue weighted by atomic mass is 35.5. The summed E-state index contributed by atoms with van der Waals surface area (Å²) in [7, 11) is 0. The van der Waals surface area contributed by atoms with E-state index in [0.29, 0.717) is 5.38 Å². The lowest BCUT2D eigenvalue weighted by Gasteiger charge is -2.11. The monoisotopic (exact) mass is 222 g/mol. The zero-order valence-corrected chi connectivity index (χ0v) is 10.8. The molecule has 0 amide bonds. The lowest BCUT2D eigenvalue weighted by Crippen LogP contribution is -2.03. The van der Waals surface area contributed by atoms with Crippen LogP contribution in [0.5, 0.6) is 0 Å². The van der Waals surface area contributed by atoms with Crippen LogP contribution in [-0.4, -0.2) is 16.9 Å². The Balaban J connectivity index is 3.12. The van der Waals surface area contributed by atoms with Crippen LogP contribution >= 0.6 is 23.4 Å². The normalized spacial score (nSPS) is 13.6. The van der Waals surface area contributed by atoms with E-state index in [2.05, 4.69) is 20.8 Å². The largest absolute Gasteiger partial charge is 0.162 e. The Morgan fingerprint density at radius 2 is 1.92 bits per heavy atom. The molecule has 0 saturated carbocycles. The summed E-state index contributed by atoms with van der Waals surface area (Å²) in [6.45, 7) is 6.69. The third-order valence-electron chi connectivity index (χ3n) is 1.99. The van der Waals surface area contributed by atoms with Gasteiger partial charge in [0, 0.05) is 5.38 Å². The molecule has 1 atom stereocenters. The zero-order chi connectivity index (χ0) is 10.1. The molecule has 0 aliphatic rings. The van der Waals surface area contributed by atoms with E-state index in [1.807, 2.05) is 11.8 Å². The molecule has 0 aliphatic carbocycles. The second kappa shape index (κ2) is 9.21. The minimum Gasteiger partial charge on any atom is -0.162 e. The second-order valence-electron chi connectivity index (χ2n) is 3.92. The van der Waals surface area contributed by atoms with E-state index in [4.69, 9.17) is 11.6 Å². The number of unbranched alkanes of at least 4 members (excludes halogenated alkanes) is 1. The van der Waals surface area contributed by atoms with E-state index in [-0.39, 0.29) is 0 Å². The van der Waals surface area contributed by atoms with Crippen LogP contribution in [0, 0.1) is 5.92 Å². The smallest absolute Gasteiger partial charge is 0.0338 e.